The molecule has 0 aliphatic carbocycles. The molecule has 0 aliphatic rings. The predicted molar refractivity (Wildman–Crippen MR) is 88.0 cm³/mol. The van der Waals surface area contributed by atoms with Gasteiger partial charge < -0.3 is 15.1 Å². The van der Waals surface area contributed by atoms with E-state index in [0.717, 1.165) is 0 Å². The molecule has 0 heterocycles. The van der Waals surface area contributed by atoms with Crippen molar-refractivity contribution in [2.75, 3.05) is 0 Å². The molecule has 0 aliphatic heterocycles. The first-order valence-electron chi connectivity index (χ1n) is 6.03. The van der Waals surface area contributed by atoms with Crippen molar-refractivity contribution in [3.8, 4) is 0 Å². The van der Waals surface area contributed by atoms with E-state index in [4.69, 9.17) is 0 Å². The molecule has 0 fully saturated rings. The Labute approximate surface area is 139 Å². The predicted octanol–water partition coefficient (Wildman–Crippen LogP) is 4.16. The Morgan fingerprint density at radius 2 is 1.14 bits per heavy atom. The van der Waals surface area contributed by atoms with Crippen LogP contribution < -0.4 is 0 Å². The van der Waals surface area contributed by atoms with Crippen LogP contribution in [0.2, 0.25) is 0 Å². The summed E-state index contributed by atoms with van der Waals surface area (Å²) < 4.78 is 13.5. The fourth-order valence-corrected chi connectivity index (χ4v) is 4.77. The fourth-order valence-electron chi connectivity index (χ4n) is 1.90. The molecular weight excluding hydrogens is 423 g/mol. The van der Waals surface area contributed by atoms with Gasteiger partial charge in [0.1, 0.15) is 0 Å². The molecule has 2 aromatic carbocycles. The summed E-state index contributed by atoms with van der Waals surface area (Å²) in [5.41, 5.74) is 0.517. The number of hydrogen-bond acceptors (Lipinski definition) is 3. The first-order chi connectivity index (χ1) is 9.85. The summed E-state index contributed by atoms with van der Waals surface area (Å²) in [5.74, 6) is -3.37. The maximum Gasteiger partial charge on any atom is 0.264 e. The molecule has 21 heavy (non-hydrogen) atoms. The van der Waals surface area contributed by atoms with Crippen LogP contribution in [0.4, 0.5) is 0 Å². The Morgan fingerprint density at radius 3 is 1.48 bits per heavy atom. The first kappa shape index (κ1) is 16.9. The van der Waals surface area contributed by atoms with E-state index in [0.29, 0.717) is 8.95 Å². The van der Waals surface area contributed by atoms with Crippen LogP contribution in [0.5, 0.6) is 0 Å². The van der Waals surface area contributed by atoms with Gasteiger partial charge in [0, 0.05) is 20.1 Å². The smallest absolute Gasteiger partial charge is 0.264 e. The number of aliphatic hydroxyl groups is 2. The van der Waals surface area contributed by atoms with Crippen molar-refractivity contribution in [3.63, 3.8) is 0 Å². The fraction of sp³-hybridized carbons (Fsp3) is 0.143. The van der Waals surface area contributed by atoms with Gasteiger partial charge in [-0.15, -0.1) is 0 Å². The van der Waals surface area contributed by atoms with Crippen LogP contribution in [0.15, 0.2) is 57.5 Å². The lowest BCUT2D eigenvalue weighted by Crippen LogP contribution is -2.08. The van der Waals surface area contributed by atoms with Crippen molar-refractivity contribution in [3.05, 3.63) is 68.6 Å². The molecule has 4 nitrogen and oxygen atoms in total. The summed E-state index contributed by atoms with van der Waals surface area (Å²) >= 11 is 6.45. The van der Waals surface area contributed by atoms with Crippen molar-refractivity contribution in [1.29, 1.82) is 0 Å². The van der Waals surface area contributed by atoms with Crippen LogP contribution in [0.25, 0.3) is 0 Å². The molecule has 0 saturated heterocycles. The monoisotopic (exact) mass is 434 g/mol. The van der Waals surface area contributed by atoms with Gasteiger partial charge in [-0.3, -0.25) is 4.57 Å². The highest BCUT2D eigenvalue weighted by Gasteiger charge is 2.40. The van der Waals surface area contributed by atoms with Crippen molar-refractivity contribution in [1.82, 2.24) is 0 Å². The molecule has 0 aromatic heterocycles. The standard InChI is InChI=1S/C14H13Br2O4P/c15-11-7-3-1-5-9(11)13(17)21(19,20)14(18)10-6-2-4-8-12(10)16/h1-8,13-14,17-18H,(H,19,20). The Morgan fingerprint density at radius 1 is 0.810 bits per heavy atom. The lowest BCUT2D eigenvalue weighted by molar-refractivity contribution is 0.185. The lowest BCUT2D eigenvalue weighted by Gasteiger charge is -2.25. The van der Waals surface area contributed by atoms with Crippen LogP contribution in [-0.4, -0.2) is 15.1 Å². The molecule has 0 amide bonds. The van der Waals surface area contributed by atoms with Crippen LogP contribution >= 0.6 is 39.2 Å². The van der Waals surface area contributed by atoms with Gasteiger partial charge in [-0.2, -0.15) is 0 Å². The van der Waals surface area contributed by atoms with Crippen molar-refractivity contribution >= 4 is 39.2 Å². The maximum atomic E-state index is 12.5. The van der Waals surface area contributed by atoms with Gasteiger partial charge in [0.2, 0.25) is 0 Å². The van der Waals surface area contributed by atoms with E-state index in [1.54, 1.807) is 36.4 Å². The van der Waals surface area contributed by atoms with Crippen LogP contribution in [0, 0.1) is 0 Å². The summed E-state index contributed by atoms with van der Waals surface area (Å²) in [6, 6.07) is 13.1. The number of rotatable bonds is 4. The third-order valence-electron chi connectivity index (χ3n) is 3.07. The Hall–Kier alpha value is -0.490. The summed E-state index contributed by atoms with van der Waals surface area (Å²) in [4.78, 5) is 10.2. The number of benzene rings is 2. The van der Waals surface area contributed by atoms with Crippen molar-refractivity contribution < 1.29 is 19.7 Å². The highest BCUT2D eigenvalue weighted by molar-refractivity contribution is 9.10. The second-order valence-electron chi connectivity index (χ2n) is 4.46. The van der Waals surface area contributed by atoms with Gasteiger partial charge in [-0.05, 0) is 12.1 Å². The van der Waals surface area contributed by atoms with Gasteiger partial charge >= 0.3 is 0 Å². The summed E-state index contributed by atoms with van der Waals surface area (Å²) in [5, 5.41) is 20.5. The minimum absolute atomic E-state index is 0.259. The van der Waals surface area contributed by atoms with Crippen molar-refractivity contribution in [2.24, 2.45) is 0 Å². The molecule has 2 rings (SSSR count). The Balaban J connectivity index is 2.40. The van der Waals surface area contributed by atoms with Gasteiger partial charge in [0.25, 0.3) is 7.37 Å². The molecule has 0 bridgehead atoms. The zero-order chi connectivity index (χ0) is 15.6. The zero-order valence-electron chi connectivity index (χ0n) is 10.7. The van der Waals surface area contributed by atoms with E-state index in [1.165, 1.54) is 12.1 Å². The molecule has 0 radical (unpaired) electrons. The summed E-state index contributed by atoms with van der Waals surface area (Å²) in [6.45, 7) is 0. The number of aliphatic hydroxyl groups excluding tert-OH is 2. The van der Waals surface area contributed by atoms with E-state index in [2.05, 4.69) is 31.9 Å². The summed E-state index contributed by atoms with van der Waals surface area (Å²) in [6.07, 6.45) is 0. The second kappa shape index (κ2) is 6.73. The number of hydrogen-bond donors (Lipinski definition) is 3. The Bertz CT molecular complexity index is 637. The van der Waals surface area contributed by atoms with E-state index in [1.807, 2.05) is 0 Å². The second-order valence-corrected chi connectivity index (χ2v) is 8.49. The van der Waals surface area contributed by atoms with Crippen LogP contribution in [-0.2, 0) is 4.57 Å². The maximum absolute atomic E-state index is 12.5. The topological polar surface area (TPSA) is 77.8 Å². The van der Waals surface area contributed by atoms with Gasteiger partial charge in [0.05, 0.1) is 0 Å². The average molecular weight is 436 g/mol. The third-order valence-corrected chi connectivity index (χ3v) is 6.47. The molecule has 0 saturated carbocycles. The molecule has 2 aromatic rings. The third kappa shape index (κ3) is 3.47. The average Bonchev–Trinajstić information content (AvgIpc) is 2.47. The molecule has 3 N–H and O–H groups in total. The largest absolute Gasteiger partial charge is 0.378 e. The molecule has 7 heteroatoms. The molecule has 2 unspecified atom stereocenters. The molecular formula is C14H13Br2O4P. The SMILES string of the molecule is O=P(O)(C(O)c1ccccc1Br)C(O)c1ccccc1Br. The lowest BCUT2D eigenvalue weighted by atomic mass is 10.2. The zero-order valence-corrected chi connectivity index (χ0v) is 14.8. The molecule has 2 atom stereocenters. The molecule has 0 spiro atoms. The van der Waals surface area contributed by atoms with Crippen LogP contribution in [0.1, 0.15) is 22.8 Å². The minimum atomic E-state index is -4.32. The van der Waals surface area contributed by atoms with Crippen molar-refractivity contribution in [2.45, 2.75) is 11.7 Å². The quantitative estimate of drug-likeness (QED) is 0.630. The van der Waals surface area contributed by atoms with Crippen LogP contribution in [0.3, 0.4) is 0 Å². The summed E-state index contributed by atoms with van der Waals surface area (Å²) in [7, 11) is -4.32. The van der Waals surface area contributed by atoms with Gasteiger partial charge in [0.15, 0.2) is 11.7 Å². The van der Waals surface area contributed by atoms with E-state index >= 15 is 0 Å². The highest BCUT2D eigenvalue weighted by atomic mass is 79.9. The normalized spacial score (nSPS) is 17.0. The minimum Gasteiger partial charge on any atom is -0.378 e. The van der Waals surface area contributed by atoms with Gasteiger partial charge in [-0.1, -0.05) is 68.3 Å². The van der Waals surface area contributed by atoms with E-state index in [9.17, 15) is 19.7 Å². The van der Waals surface area contributed by atoms with E-state index in [-0.39, 0.29) is 11.1 Å². The number of halogens is 2. The Kier molecular flexibility index (Phi) is 5.41. The first-order valence-corrected chi connectivity index (χ1v) is 9.41. The van der Waals surface area contributed by atoms with Gasteiger partial charge in [-0.25, -0.2) is 0 Å². The van der Waals surface area contributed by atoms with E-state index < -0.39 is 19.1 Å². The highest BCUT2D eigenvalue weighted by Crippen LogP contribution is 2.64. The molecule has 112 valence electrons.